The highest BCUT2D eigenvalue weighted by Crippen LogP contribution is 2.22. The van der Waals surface area contributed by atoms with Crippen LogP contribution in [0.15, 0.2) is 39.1 Å². The van der Waals surface area contributed by atoms with Crippen LogP contribution in [0.5, 0.6) is 0 Å². The second kappa shape index (κ2) is 7.07. The summed E-state index contributed by atoms with van der Waals surface area (Å²) in [5.41, 5.74) is 2.52. The summed E-state index contributed by atoms with van der Waals surface area (Å²) < 4.78 is 33.0. The van der Waals surface area contributed by atoms with E-state index in [1.165, 1.54) is 11.3 Å². The van der Waals surface area contributed by atoms with E-state index in [2.05, 4.69) is 14.9 Å². The average molecular weight is 377 g/mol. The van der Waals surface area contributed by atoms with Crippen LogP contribution in [0.4, 0.5) is 0 Å². The molecular formula is C17H19N3O3S2. The van der Waals surface area contributed by atoms with Crippen molar-refractivity contribution >= 4 is 21.4 Å². The van der Waals surface area contributed by atoms with E-state index < -0.39 is 10.0 Å². The first-order valence-corrected chi connectivity index (χ1v) is 10.2. The Bertz CT molecular complexity index is 953. The number of hydrogen-bond donors (Lipinski definition) is 1. The lowest BCUT2D eigenvalue weighted by Gasteiger charge is -2.12. The van der Waals surface area contributed by atoms with Crippen LogP contribution in [0.3, 0.4) is 0 Å². The Labute approximate surface area is 151 Å². The molecule has 0 saturated heterocycles. The van der Waals surface area contributed by atoms with Crippen LogP contribution in [-0.4, -0.2) is 25.1 Å². The van der Waals surface area contributed by atoms with Crippen molar-refractivity contribution in [3.05, 3.63) is 52.2 Å². The highest BCUT2D eigenvalue weighted by Gasteiger charge is 2.20. The minimum absolute atomic E-state index is 0.196. The summed E-state index contributed by atoms with van der Waals surface area (Å²) in [6, 6.07) is 7.56. The van der Waals surface area contributed by atoms with Gasteiger partial charge in [-0.05, 0) is 43.3 Å². The van der Waals surface area contributed by atoms with Crippen LogP contribution in [-0.2, 0) is 16.4 Å². The second-order valence-electron chi connectivity index (χ2n) is 5.86. The van der Waals surface area contributed by atoms with Crippen molar-refractivity contribution in [3.63, 3.8) is 0 Å². The number of aromatic nitrogens is 2. The molecule has 0 aliphatic heterocycles. The molecule has 0 unspecified atom stereocenters. The van der Waals surface area contributed by atoms with Gasteiger partial charge in [-0.15, -0.1) is 11.3 Å². The van der Waals surface area contributed by atoms with Crippen LogP contribution in [0.2, 0.25) is 0 Å². The highest BCUT2D eigenvalue weighted by molar-refractivity contribution is 7.89. The van der Waals surface area contributed by atoms with E-state index >= 15 is 0 Å². The molecule has 0 aliphatic rings. The van der Waals surface area contributed by atoms with Gasteiger partial charge in [-0.2, -0.15) is 4.98 Å². The van der Waals surface area contributed by atoms with Crippen LogP contribution >= 0.6 is 11.3 Å². The van der Waals surface area contributed by atoms with Gasteiger partial charge in [0.15, 0.2) is 0 Å². The molecule has 1 N–H and O–H groups in total. The molecule has 0 aliphatic carbocycles. The van der Waals surface area contributed by atoms with Crippen molar-refractivity contribution in [1.82, 2.24) is 14.9 Å². The first-order chi connectivity index (χ1) is 11.9. The van der Waals surface area contributed by atoms with Gasteiger partial charge < -0.3 is 4.52 Å². The smallest absolute Gasteiger partial charge is 0.241 e. The first-order valence-electron chi connectivity index (χ1n) is 7.81. The zero-order chi connectivity index (χ0) is 18.0. The summed E-state index contributed by atoms with van der Waals surface area (Å²) in [6.07, 6.45) is 0.335. The molecule has 3 rings (SSSR count). The molecule has 0 bridgehead atoms. The third-order valence-corrected chi connectivity index (χ3v) is 6.35. The van der Waals surface area contributed by atoms with Crippen molar-refractivity contribution in [1.29, 1.82) is 0 Å². The summed E-state index contributed by atoms with van der Waals surface area (Å²) in [5, 5.41) is 5.85. The predicted octanol–water partition coefficient (Wildman–Crippen LogP) is 3.24. The van der Waals surface area contributed by atoms with Crippen molar-refractivity contribution in [3.8, 4) is 10.7 Å². The number of thiophene rings is 1. The molecule has 2 heterocycles. The molecule has 0 spiro atoms. The van der Waals surface area contributed by atoms with Gasteiger partial charge in [0, 0.05) is 13.0 Å². The molecule has 0 amide bonds. The van der Waals surface area contributed by atoms with E-state index in [0.29, 0.717) is 23.0 Å². The van der Waals surface area contributed by atoms with Crippen molar-refractivity contribution in [2.24, 2.45) is 0 Å². The van der Waals surface area contributed by atoms with Gasteiger partial charge in [-0.25, -0.2) is 13.1 Å². The number of rotatable bonds is 6. The van der Waals surface area contributed by atoms with E-state index in [0.717, 1.165) is 21.6 Å². The monoisotopic (exact) mass is 377 g/mol. The largest absolute Gasteiger partial charge is 0.339 e. The van der Waals surface area contributed by atoms with Gasteiger partial charge in [-0.1, -0.05) is 28.9 Å². The number of hydrogen-bond acceptors (Lipinski definition) is 6. The summed E-state index contributed by atoms with van der Waals surface area (Å²) in [5.74, 6) is 0.932. The Hall–Kier alpha value is -2.03. The Morgan fingerprint density at radius 3 is 2.56 bits per heavy atom. The topological polar surface area (TPSA) is 85.1 Å². The SMILES string of the molecule is Cc1cc(C)c(S(=O)(=O)NCCc2nc(-c3cccs3)no2)c(C)c1. The lowest BCUT2D eigenvalue weighted by atomic mass is 10.1. The minimum Gasteiger partial charge on any atom is -0.339 e. The van der Waals surface area contributed by atoms with E-state index in [-0.39, 0.29) is 6.54 Å². The Morgan fingerprint density at radius 2 is 1.92 bits per heavy atom. The van der Waals surface area contributed by atoms with Crippen LogP contribution in [0.1, 0.15) is 22.6 Å². The molecule has 132 valence electrons. The standard InChI is InChI=1S/C17H19N3O3S2/c1-11-9-12(2)16(13(3)10-11)25(21,22)18-7-6-15-19-17(20-23-15)14-5-4-8-24-14/h4-5,8-10,18H,6-7H2,1-3H3. The molecule has 0 radical (unpaired) electrons. The molecule has 8 heteroatoms. The van der Waals surface area contributed by atoms with Gasteiger partial charge in [-0.3, -0.25) is 0 Å². The van der Waals surface area contributed by atoms with E-state index in [1.807, 2.05) is 36.6 Å². The van der Waals surface area contributed by atoms with E-state index in [9.17, 15) is 8.42 Å². The molecule has 1 aromatic carbocycles. The number of nitrogens with one attached hydrogen (secondary N) is 1. The molecule has 25 heavy (non-hydrogen) atoms. The maximum atomic E-state index is 12.6. The third kappa shape index (κ3) is 3.97. The minimum atomic E-state index is -3.58. The summed E-state index contributed by atoms with van der Waals surface area (Å²) in [7, 11) is -3.58. The summed E-state index contributed by atoms with van der Waals surface area (Å²) in [6.45, 7) is 5.76. The van der Waals surface area contributed by atoms with Crippen molar-refractivity contribution in [2.45, 2.75) is 32.1 Å². The number of nitrogens with zero attached hydrogens (tertiary/aromatic N) is 2. The van der Waals surface area contributed by atoms with Gasteiger partial charge in [0.2, 0.25) is 21.7 Å². The molecule has 2 aromatic heterocycles. The Kier molecular flexibility index (Phi) is 5.03. The fourth-order valence-electron chi connectivity index (χ4n) is 2.82. The second-order valence-corrected chi connectivity index (χ2v) is 8.52. The molecule has 0 saturated carbocycles. The predicted molar refractivity (Wildman–Crippen MR) is 97.2 cm³/mol. The van der Waals surface area contributed by atoms with Crippen molar-refractivity contribution in [2.75, 3.05) is 6.54 Å². The highest BCUT2D eigenvalue weighted by atomic mass is 32.2. The Balaban J connectivity index is 1.67. The number of benzene rings is 1. The zero-order valence-electron chi connectivity index (χ0n) is 14.2. The van der Waals surface area contributed by atoms with Gasteiger partial charge in [0.1, 0.15) is 0 Å². The fraction of sp³-hybridized carbons (Fsp3) is 0.294. The number of sulfonamides is 1. The molecule has 3 aromatic rings. The van der Waals surface area contributed by atoms with Crippen molar-refractivity contribution < 1.29 is 12.9 Å². The molecule has 0 atom stereocenters. The van der Waals surface area contributed by atoms with Gasteiger partial charge in [0.25, 0.3) is 0 Å². The lowest BCUT2D eigenvalue weighted by molar-refractivity contribution is 0.379. The Morgan fingerprint density at radius 1 is 1.20 bits per heavy atom. The van der Waals surface area contributed by atoms with Crippen LogP contribution in [0, 0.1) is 20.8 Å². The van der Waals surface area contributed by atoms with Crippen LogP contribution in [0.25, 0.3) is 10.7 Å². The fourth-order valence-corrected chi connectivity index (χ4v) is 4.95. The quantitative estimate of drug-likeness (QED) is 0.713. The number of aryl methyl sites for hydroxylation is 3. The van der Waals surface area contributed by atoms with Gasteiger partial charge >= 0.3 is 0 Å². The molecular weight excluding hydrogens is 358 g/mol. The summed E-state index contributed by atoms with van der Waals surface area (Å²) in [4.78, 5) is 5.54. The van der Waals surface area contributed by atoms with E-state index in [1.54, 1.807) is 13.8 Å². The first kappa shape index (κ1) is 17.8. The lowest BCUT2D eigenvalue weighted by Crippen LogP contribution is -2.27. The normalized spacial score (nSPS) is 11.8. The maximum Gasteiger partial charge on any atom is 0.241 e. The van der Waals surface area contributed by atoms with E-state index in [4.69, 9.17) is 4.52 Å². The average Bonchev–Trinajstić information content (AvgIpc) is 3.16. The van der Waals surface area contributed by atoms with Crippen LogP contribution < -0.4 is 4.72 Å². The third-order valence-electron chi connectivity index (χ3n) is 3.71. The van der Waals surface area contributed by atoms with Gasteiger partial charge in [0.05, 0.1) is 9.77 Å². The maximum absolute atomic E-state index is 12.6. The summed E-state index contributed by atoms with van der Waals surface area (Å²) >= 11 is 1.52. The zero-order valence-corrected chi connectivity index (χ0v) is 15.9. The molecule has 6 nitrogen and oxygen atoms in total. The molecule has 0 fully saturated rings.